The zero-order valence-corrected chi connectivity index (χ0v) is 26.1. The maximum absolute atomic E-state index is 13.4. The molecule has 246 valence electrons. The maximum atomic E-state index is 13.4. The van der Waals surface area contributed by atoms with Gasteiger partial charge in [0.15, 0.2) is 23.0 Å². The summed E-state index contributed by atoms with van der Waals surface area (Å²) in [7, 11) is 2.80. The number of aromatic hydroxyl groups is 3. The van der Waals surface area contributed by atoms with Gasteiger partial charge in [-0.3, -0.25) is 9.59 Å². The number of phenols is 3. The SMILES string of the molecule is COc1cc(C(O)C(Oc2ccc(/C=C/C(=O)NCCc3ccc(O)cc3)cc2OC)C(=O)NCCc2ccc(O)cc2)ccc1O. The molecule has 11 heteroatoms. The molecule has 4 rings (SSSR count). The van der Waals surface area contributed by atoms with Crippen LogP contribution in [0.15, 0.2) is 91.0 Å². The number of ether oxygens (including phenoxy) is 3. The van der Waals surface area contributed by atoms with Gasteiger partial charge in [0.05, 0.1) is 14.2 Å². The van der Waals surface area contributed by atoms with Gasteiger partial charge in [-0.1, -0.05) is 36.4 Å². The Hall–Kier alpha value is -5.68. The zero-order chi connectivity index (χ0) is 33.8. The molecular weight excluding hydrogens is 604 g/mol. The van der Waals surface area contributed by atoms with Crippen LogP contribution in [0.1, 0.15) is 28.4 Å². The van der Waals surface area contributed by atoms with E-state index in [2.05, 4.69) is 10.6 Å². The summed E-state index contributed by atoms with van der Waals surface area (Å²) in [5.74, 6) is -0.148. The number of aliphatic hydroxyl groups excluding tert-OH is 1. The Morgan fingerprint density at radius 1 is 0.723 bits per heavy atom. The maximum Gasteiger partial charge on any atom is 0.264 e. The number of methoxy groups -OCH3 is 2. The Morgan fingerprint density at radius 3 is 1.91 bits per heavy atom. The van der Waals surface area contributed by atoms with Crippen molar-refractivity contribution in [2.75, 3.05) is 27.3 Å². The molecule has 4 aromatic rings. The van der Waals surface area contributed by atoms with Crippen molar-refractivity contribution in [2.24, 2.45) is 0 Å². The largest absolute Gasteiger partial charge is 0.508 e. The second-order valence-corrected chi connectivity index (χ2v) is 10.6. The van der Waals surface area contributed by atoms with Crippen molar-refractivity contribution in [3.05, 3.63) is 113 Å². The summed E-state index contributed by atoms with van der Waals surface area (Å²) in [6, 6.07) is 22.5. The summed E-state index contributed by atoms with van der Waals surface area (Å²) in [5, 5.41) is 45.9. The van der Waals surface area contributed by atoms with E-state index in [0.29, 0.717) is 24.9 Å². The Morgan fingerprint density at radius 2 is 1.32 bits per heavy atom. The normalized spacial score (nSPS) is 12.2. The number of phenolic OH excluding ortho intramolecular Hbond substituents is 3. The molecule has 0 saturated heterocycles. The van der Waals surface area contributed by atoms with E-state index in [1.54, 1.807) is 72.8 Å². The van der Waals surface area contributed by atoms with Crippen molar-refractivity contribution in [1.82, 2.24) is 10.6 Å². The third kappa shape index (κ3) is 9.90. The van der Waals surface area contributed by atoms with Crippen LogP contribution < -0.4 is 24.8 Å². The fourth-order valence-electron chi connectivity index (χ4n) is 4.65. The molecule has 11 nitrogen and oxygen atoms in total. The van der Waals surface area contributed by atoms with Crippen LogP contribution in [0.3, 0.4) is 0 Å². The second kappa shape index (κ2) is 16.6. The number of rotatable bonds is 15. The number of hydrogen-bond acceptors (Lipinski definition) is 9. The number of hydrogen-bond donors (Lipinski definition) is 6. The summed E-state index contributed by atoms with van der Waals surface area (Å²) in [6.07, 6.45) is 1.17. The van der Waals surface area contributed by atoms with E-state index in [4.69, 9.17) is 14.2 Å². The Balaban J connectivity index is 1.46. The van der Waals surface area contributed by atoms with Crippen LogP contribution >= 0.6 is 0 Å². The Kier molecular flexibility index (Phi) is 12.1. The van der Waals surface area contributed by atoms with Crippen molar-refractivity contribution in [3.8, 4) is 34.5 Å². The lowest BCUT2D eigenvalue weighted by Gasteiger charge is -2.25. The third-order valence-corrected chi connectivity index (χ3v) is 7.26. The first kappa shape index (κ1) is 34.2. The fourth-order valence-corrected chi connectivity index (χ4v) is 4.65. The lowest BCUT2D eigenvalue weighted by molar-refractivity contribution is -0.133. The Labute approximate surface area is 272 Å². The number of carbonyl (C=O) groups is 2. The van der Waals surface area contributed by atoms with Crippen molar-refractivity contribution in [3.63, 3.8) is 0 Å². The molecule has 0 aliphatic heterocycles. The zero-order valence-electron chi connectivity index (χ0n) is 26.1. The number of carbonyl (C=O) groups excluding carboxylic acids is 2. The minimum atomic E-state index is -1.47. The van der Waals surface area contributed by atoms with Crippen LogP contribution in [0.25, 0.3) is 6.08 Å². The van der Waals surface area contributed by atoms with E-state index in [-0.39, 0.29) is 52.5 Å². The van der Waals surface area contributed by atoms with Gasteiger partial charge in [0.25, 0.3) is 5.91 Å². The van der Waals surface area contributed by atoms with Crippen molar-refractivity contribution >= 4 is 17.9 Å². The molecule has 6 N–H and O–H groups in total. The monoisotopic (exact) mass is 642 g/mol. The van der Waals surface area contributed by atoms with Crippen LogP contribution in [-0.2, 0) is 22.4 Å². The standard InChI is InChI=1S/C36H38N2O9/c1-45-31-22-26(9-14-29(31)41)34(43)35(36(44)38-20-18-24-5-12-28(40)13-6-24)47-30-15-7-25(21-32(30)46-2)8-16-33(42)37-19-17-23-3-10-27(39)11-4-23/h3-16,21-22,34-35,39-41,43H,17-20H2,1-2H3,(H,37,42)(H,38,44)/b16-8+. The minimum absolute atomic E-state index is 0.117. The highest BCUT2D eigenvalue weighted by molar-refractivity contribution is 5.91. The van der Waals surface area contributed by atoms with Gasteiger partial charge in [0, 0.05) is 19.2 Å². The van der Waals surface area contributed by atoms with Gasteiger partial charge >= 0.3 is 0 Å². The predicted molar refractivity (Wildman–Crippen MR) is 176 cm³/mol. The fraction of sp³-hybridized carbons (Fsp3) is 0.222. The molecule has 2 unspecified atom stereocenters. The summed E-state index contributed by atoms with van der Waals surface area (Å²) in [4.78, 5) is 25.8. The number of amides is 2. The molecule has 2 amide bonds. The van der Waals surface area contributed by atoms with E-state index in [9.17, 15) is 30.0 Å². The van der Waals surface area contributed by atoms with E-state index in [0.717, 1.165) is 11.1 Å². The molecule has 0 aromatic heterocycles. The smallest absolute Gasteiger partial charge is 0.264 e. The first-order valence-corrected chi connectivity index (χ1v) is 14.9. The van der Waals surface area contributed by atoms with Gasteiger partial charge in [-0.25, -0.2) is 0 Å². The van der Waals surface area contributed by atoms with Crippen molar-refractivity contribution < 1.29 is 44.2 Å². The van der Waals surface area contributed by atoms with E-state index in [1.165, 1.54) is 38.5 Å². The van der Waals surface area contributed by atoms with Crippen LogP contribution in [0, 0.1) is 0 Å². The second-order valence-electron chi connectivity index (χ2n) is 10.6. The number of benzene rings is 4. The molecule has 0 radical (unpaired) electrons. The highest BCUT2D eigenvalue weighted by atomic mass is 16.5. The molecule has 0 saturated carbocycles. The van der Waals surface area contributed by atoms with Crippen molar-refractivity contribution in [2.45, 2.75) is 25.0 Å². The topological polar surface area (TPSA) is 167 Å². The average molecular weight is 643 g/mol. The summed E-state index contributed by atoms with van der Waals surface area (Å²) in [6.45, 7) is 0.643. The van der Waals surface area contributed by atoms with Gasteiger partial charge < -0.3 is 45.3 Å². The van der Waals surface area contributed by atoms with Gasteiger partial charge in [-0.15, -0.1) is 0 Å². The van der Waals surface area contributed by atoms with Crippen molar-refractivity contribution in [1.29, 1.82) is 0 Å². The molecule has 47 heavy (non-hydrogen) atoms. The highest BCUT2D eigenvalue weighted by Gasteiger charge is 2.32. The molecule has 0 bridgehead atoms. The minimum Gasteiger partial charge on any atom is -0.508 e. The highest BCUT2D eigenvalue weighted by Crippen LogP contribution is 2.34. The molecule has 0 aliphatic rings. The van der Waals surface area contributed by atoms with Crippen LogP contribution in [0.4, 0.5) is 0 Å². The van der Waals surface area contributed by atoms with Gasteiger partial charge in [-0.05, 0) is 89.7 Å². The van der Waals surface area contributed by atoms with Gasteiger partial charge in [0.1, 0.15) is 17.6 Å². The van der Waals surface area contributed by atoms with Crippen LogP contribution in [0.5, 0.6) is 34.5 Å². The molecule has 0 spiro atoms. The number of aliphatic hydroxyl groups is 1. The molecule has 0 fully saturated rings. The molecule has 0 heterocycles. The van der Waals surface area contributed by atoms with E-state index in [1.807, 2.05) is 0 Å². The third-order valence-electron chi connectivity index (χ3n) is 7.26. The predicted octanol–water partition coefficient (Wildman–Crippen LogP) is 4.03. The molecule has 2 atom stereocenters. The van der Waals surface area contributed by atoms with E-state index >= 15 is 0 Å². The molecular formula is C36H38N2O9. The van der Waals surface area contributed by atoms with Crippen LogP contribution in [0.2, 0.25) is 0 Å². The first-order chi connectivity index (χ1) is 22.7. The number of nitrogens with one attached hydrogen (secondary N) is 2. The average Bonchev–Trinajstić information content (AvgIpc) is 3.08. The molecule has 0 aliphatic carbocycles. The molecule has 4 aromatic carbocycles. The lowest BCUT2D eigenvalue weighted by Crippen LogP contribution is -2.43. The lowest BCUT2D eigenvalue weighted by atomic mass is 10.0. The summed E-state index contributed by atoms with van der Waals surface area (Å²) >= 11 is 0. The van der Waals surface area contributed by atoms with E-state index < -0.39 is 18.1 Å². The van der Waals surface area contributed by atoms with Gasteiger partial charge in [0.2, 0.25) is 12.0 Å². The van der Waals surface area contributed by atoms with Crippen LogP contribution in [-0.4, -0.2) is 65.7 Å². The summed E-state index contributed by atoms with van der Waals surface area (Å²) in [5.41, 5.74) is 2.77. The summed E-state index contributed by atoms with van der Waals surface area (Å²) < 4.78 is 16.8. The Bertz CT molecular complexity index is 1670. The quantitative estimate of drug-likeness (QED) is 0.105. The first-order valence-electron chi connectivity index (χ1n) is 14.9. The van der Waals surface area contributed by atoms with Gasteiger partial charge in [-0.2, -0.15) is 0 Å².